The van der Waals surface area contributed by atoms with Gasteiger partial charge in [0.2, 0.25) is 0 Å². The minimum Gasteiger partial charge on any atom is -0.354 e. The zero-order valence-electron chi connectivity index (χ0n) is 15.5. The fraction of sp³-hybridized carbons (Fsp3) is 0.0909. The number of hydrogen-bond donors (Lipinski definition) is 2. The van der Waals surface area contributed by atoms with Crippen molar-refractivity contribution in [1.29, 1.82) is 0 Å². The summed E-state index contributed by atoms with van der Waals surface area (Å²) in [6.07, 6.45) is 1.76. The van der Waals surface area contributed by atoms with E-state index in [1.54, 1.807) is 43.4 Å². The van der Waals surface area contributed by atoms with Crippen molar-refractivity contribution < 1.29 is 9.18 Å². The highest BCUT2D eigenvalue weighted by molar-refractivity contribution is 5.94. The van der Waals surface area contributed by atoms with Crippen LogP contribution in [0.2, 0.25) is 0 Å². The standard InChI is InChI=1S/C22H19FN4O/c1-27(2)22(28)14-6-8-18(9-7-14)25-21-12-20-16(13-24-21)11-19(26-20)15-4-3-5-17(23)10-15/h3-13,26H,1-2H3,(H,24,25). The summed E-state index contributed by atoms with van der Waals surface area (Å²) in [5.41, 5.74) is 3.98. The Labute approximate surface area is 161 Å². The molecule has 2 aromatic carbocycles. The molecule has 1 amide bonds. The van der Waals surface area contributed by atoms with E-state index in [9.17, 15) is 9.18 Å². The summed E-state index contributed by atoms with van der Waals surface area (Å²) in [7, 11) is 3.45. The van der Waals surface area contributed by atoms with Crippen molar-refractivity contribution in [3.8, 4) is 11.3 Å². The monoisotopic (exact) mass is 374 g/mol. The molecule has 2 aromatic heterocycles. The van der Waals surface area contributed by atoms with Gasteiger partial charge in [0.1, 0.15) is 11.6 Å². The Morgan fingerprint density at radius 3 is 2.57 bits per heavy atom. The zero-order valence-corrected chi connectivity index (χ0v) is 15.5. The predicted molar refractivity (Wildman–Crippen MR) is 109 cm³/mol. The maximum Gasteiger partial charge on any atom is 0.253 e. The van der Waals surface area contributed by atoms with Crippen molar-refractivity contribution in [2.45, 2.75) is 0 Å². The van der Waals surface area contributed by atoms with Crippen LogP contribution in [0.1, 0.15) is 10.4 Å². The SMILES string of the molecule is CN(C)C(=O)c1ccc(Nc2cc3[nH]c(-c4cccc(F)c4)cc3cn2)cc1. The van der Waals surface area contributed by atoms with E-state index in [0.29, 0.717) is 11.4 Å². The van der Waals surface area contributed by atoms with Gasteiger partial charge in [-0.2, -0.15) is 0 Å². The number of nitrogens with zero attached hydrogens (tertiary/aromatic N) is 2. The number of fused-ring (bicyclic) bond motifs is 1. The van der Waals surface area contributed by atoms with Gasteiger partial charge in [-0.15, -0.1) is 0 Å². The molecule has 0 spiro atoms. The van der Waals surface area contributed by atoms with Crippen LogP contribution in [0.15, 0.2) is 66.9 Å². The van der Waals surface area contributed by atoms with Crippen molar-refractivity contribution in [2.24, 2.45) is 0 Å². The predicted octanol–water partition coefficient (Wildman–Crippen LogP) is 4.81. The van der Waals surface area contributed by atoms with Crippen LogP contribution in [0.25, 0.3) is 22.2 Å². The van der Waals surface area contributed by atoms with Gasteiger partial charge in [-0.1, -0.05) is 12.1 Å². The maximum atomic E-state index is 13.5. The van der Waals surface area contributed by atoms with E-state index >= 15 is 0 Å². The average Bonchev–Trinajstić information content (AvgIpc) is 3.11. The van der Waals surface area contributed by atoms with Gasteiger partial charge in [-0.3, -0.25) is 4.79 Å². The number of pyridine rings is 1. The van der Waals surface area contributed by atoms with Crippen LogP contribution in [0.4, 0.5) is 15.9 Å². The Morgan fingerprint density at radius 1 is 1.07 bits per heavy atom. The van der Waals surface area contributed by atoms with Gasteiger partial charge in [0.25, 0.3) is 5.91 Å². The summed E-state index contributed by atoms with van der Waals surface area (Å²) in [5, 5.41) is 4.17. The van der Waals surface area contributed by atoms with E-state index in [-0.39, 0.29) is 11.7 Å². The van der Waals surface area contributed by atoms with E-state index < -0.39 is 0 Å². The van der Waals surface area contributed by atoms with Gasteiger partial charge in [0.15, 0.2) is 0 Å². The third-order valence-electron chi connectivity index (χ3n) is 4.45. The third-order valence-corrected chi connectivity index (χ3v) is 4.45. The number of halogens is 1. The van der Waals surface area contributed by atoms with Crippen LogP contribution in [0.3, 0.4) is 0 Å². The number of amides is 1. The van der Waals surface area contributed by atoms with Crippen molar-refractivity contribution in [3.63, 3.8) is 0 Å². The fourth-order valence-corrected chi connectivity index (χ4v) is 3.01. The van der Waals surface area contributed by atoms with Crippen LogP contribution in [0, 0.1) is 5.82 Å². The number of hydrogen-bond acceptors (Lipinski definition) is 3. The highest BCUT2D eigenvalue weighted by atomic mass is 19.1. The van der Waals surface area contributed by atoms with E-state index in [4.69, 9.17) is 0 Å². The quantitative estimate of drug-likeness (QED) is 0.539. The summed E-state index contributed by atoms with van der Waals surface area (Å²) in [4.78, 5) is 21.2. The number of carbonyl (C=O) groups is 1. The molecule has 140 valence electrons. The lowest BCUT2D eigenvalue weighted by atomic mass is 10.1. The summed E-state index contributed by atoms with van der Waals surface area (Å²) < 4.78 is 13.5. The first-order valence-electron chi connectivity index (χ1n) is 8.83. The van der Waals surface area contributed by atoms with Crippen molar-refractivity contribution >= 4 is 28.3 Å². The van der Waals surface area contributed by atoms with Crippen LogP contribution in [0.5, 0.6) is 0 Å². The molecule has 0 atom stereocenters. The molecular formula is C22H19FN4O. The molecule has 4 aromatic rings. The number of aromatic nitrogens is 2. The number of nitrogens with one attached hydrogen (secondary N) is 2. The molecular weight excluding hydrogens is 355 g/mol. The van der Waals surface area contributed by atoms with E-state index in [1.807, 2.05) is 30.3 Å². The lowest BCUT2D eigenvalue weighted by molar-refractivity contribution is 0.0827. The first kappa shape index (κ1) is 17.7. The van der Waals surface area contributed by atoms with Crippen molar-refractivity contribution in [1.82, 2.24) is 14.9 Å². The molecule has 0 bridgehead atoms. The summed E-state index contributed by atoms with van der Waals surface area (Å²) in [6.45, 7) is 0. The first-order valence-corrected chi connectivity index (χ1v) is 8.83. The molecule has 0 aliphatic heterocycles. The van der Waals surface area contributed by atoms with Gasteiger partial charge in [-0.05, 0) is 42.5 Å². The van der Waals surface area contributed by atoms with Crippen LogP contribution >= 0.6 is 0 Å². The Hall–Kier alpha value is -3.67. The molecule has 28 heavy (non-hydrogen) atoms. The molecule has 2 heterocycles. The van der Waals surface area contributed by atoms with Crippen LogP contribution in [-0.2, 0) is 0 Å². The van der Waals surface area contributed by atoms with Crippen LogP contribution < -0.4 is 5.32 Å². The number of carbonyl (C=O) groups excluding carboxylic acids is 1. The summed E-state index contributed by atoms with van der Waals surface area (Å²) >= 11 is 0. The van der Waals surface area contributed by atoms with Gasteiger partial charge in [0.05, 0.1) is 5.52 Å². The molecule has 0 saturated heterocycles. The normalized spacial score (nSPS) is 10.8. The molecule has 0 fully saturated rings. The Kier molecular flexibility index (Phi) is 4.53. The molecule has 4 rings (SSSR count). The summed E-state index contributed by atoms with van der Waals surface area (Å²) in [5.74, 6) is 0.363. The lowest BCUT2D eigenvalue weighted by Gasteiger charge is -2.11. The van der Waals surface area contributed by atoms with Crippen molar-refractivity contribution in [2.75, 3.05) is 19.4 Å². The molecule has 0 saturated carbocycles. The molecule has 2 N–H and O–H groups in total. The number of H-pyrrole nitrogens is 1. The minimum absolute atomic E-state index is 0.0395. The molecule has 0 radical (unpaired) electrons. The van der Waals surface area contributed by atoms with E-state index in [1.165, 1.54) is 12.1 Å². The zero-order chi connectivity index (χ0) is 19.7. The van der Waals surface area contributed by atoms with E-state index in [2.05, 4.69) is 15.3 Å². The molecule has 0 aliphatic carbocycles. The minimum atomic E-state index is -0.271. The van der Waals surface area contributed by atoms with Gasteiger partial charge in [-0.25, -0.2) is 9.37 Å². The maximum absolute atomic E-state index is 13.5. The second-order valence-electron chi connectivity index (χ2n) is 6.75. The number of benzene rings is 2. The Bertz CT molecular complexity index is 1150. The summed E-state index contributed by atoms with van der Waals surface area (Å²) in [6, 6.07) is 17.5. The number of aromatic amines is 1. The molecule has 6 heteroatoms. The van der Waals surface area contributed by atoms with Gasteiger partial charge in [0, 0.05) is 54.3 Å². The molecule has 0 unspecified atom stereocenters. The van der Waals surface area contributed by atoms with Gasteiger partial charge >= 0.3 is 0 Å². The van der Waals surface area contributed by atoms with Gasteiger partial charge < -0.3 is 15.2 Å². The number of anilines is 2. The number of rotatable bonds is 4. The van der Waals surface area contributed by atoms with E-state index in [0.717, 1.165) is 27.8 Å². The molecule has 5 nitrogen and oxygen atoms in total. The largest absolute Gasteiger partial charge is 0.354 e. The topological polar surface area (TPSA) is 61.0 Å². The third kappa shape index (κ3) is 3.57. The van der Waals surface area contributed by atoms with Crippen LogP contribution in [-0.4, -0.2) is 34.9 Å². The second kappa shape index (κ2) is 7.15. The highest BCUT2D eigenvalue weighted by Crippen LogP contribution is 2.26. The molecule has 0 aliphatic rings. The second-order valence-corrected chi connectivity index (χ2v) is 6.75. The highest BCUT2D eigenvalue weighted by Gasteiger charge is 2.09. The Balaban J connectivity index is 1.57. The van der Waals surface area contributed by atoms with Crippen molar-refractivity contribution in [3.05, 3.63) is 78.2 Å². The lowest BCUT2D eigenvalue weighted by Crippen LogP contribution is -2.21. The first-order chi connectivity index (χ1) is 13.5. The Morgan fingerprint density at radius 2 is 1.86 bits per heavy atom. The fourth-order valence-electron chi connectivity index (χ4n) is 3.01. The smallest absolute Gasteiger partial charge is 0.253 e. The average molecular weight is 374 g/mol.